The Kier molecular flexibility index (Phi) is 7.49. The fourth-order valence-corrected chi connectivity index (χ4v) is 14.4. The van der Waals surface area contributed by atoms with Gasteiger partial charge in [-0.3, -0.25) is 0 Å². The van der Waals surface area contributed by atoms with Crippen molar-refractivity contribution in [2.45, 2.75) is 75.0 Å². The first-order valence-corrected chi connectivity index (χ1v) is 22.7. The molecule has 7 aromatic rings. The van der Waals surface area contributed by atoms with Crippen LogP contribution in [0, 0.1) is 23.7 Å². The fraction of sp³-hybridized carbons (Fsp3) is 0.276. The monoisotopic (exact) mass is 761 g/mol. The zero-order chi connectivity index (χ0) is 38.7. The van der Waals surface area contributed by atoms with E-state index in [9.17, 15) is 0 Å². The van der Waals surface area contributed by atoms with Gasteiger partial charge in [0.15, 0.2) is 0 Å². The van der Waals surface area contributed by atoms with Crippen molar-refractivity contribution in [1.82, 2.24) is 0 Å². The van der Waals surface area contributed by atoms with Gasteiger partial charge >= 0.3 is 0 Å². The highest BCUT2D eigenvalue weighted by molar-refractivity contribution is 5.97. The minimum absolute atomic E-state index is 0.126. The van der Waals surface area contributed by atoms with Crippen LogP contribution >= 0.6 is 0 Å². The molecule has 7 aliphatic carbocycles. The number of nitrogens with zero attached hydrogens (tertiary/aromatic N) is 1. The summed E-state index contributed by atoms with van der Waals surface area (Å²) in [7, 11) is 0. The van der Waals surface area contributed by atoms with Gasteiger partial charge in [0.25, 0.3) is 0 Å². The van der Waals surface area contributed by atoms with Crippen molar-refractivity contribution >= 4 is 17.1 Å². The lowest BCUT2D eigenvalue weighted by Crippen LogP contribution is -2.55. The van der Waals surface area contributed by atoms with Gasteiger partial charge in [-0.2, -0.15) is 0 Å². The second-order valence-electron chi connectivity index (χ2n) is 19.2. The van der Waals surface area contributed by atoms with Crippen LogP contribution in [0.4, 0.5) is 17.1 Å². The number of benzene rings is 7. The minimum atomic E-state index is 0.126. The minimum Gasteiger partial charge on any atom is -0.310 e. The lowest BCUT2D eigenvalue weighted by atomic mass is 9.43. The van der Waals surface area contributed by atoms with E-state index in [0.717, 1.165) is 23.7 Å². The second-order valence-corrected chi connectivity index (χ2v) is 19.2. The predicted octanol–water partition coefficient (Wildman–Crippen LogP) is 15.4. The van der Waals surface area contributed by atoms with Gasteiger partial charge in [0, 0.05) is 27.8 Å². The summed E-state index contributed by atoms with van der Waals surface area (Å²) in [6.45, 7) is 0. The zero-order valence-electron chi connectivity index (χ0n) is 33.9. The van der Waals surface area contributed by atoms with Crippen LogP contribution in [0.1, 0.15) is 86.5 Å². The fourth-order valence-electron chi connectivity index (χ4n) is 14.4. The molecule has 7 aliphatic rings. The maximum Gasteiger partial charge on any atom is 0.0543 e. The van der Waals surface area contributed by atoms with Crippen LogP contribution in [0.2, 0.25) is 0 Å². The van der Waals surface area contributed by atoms with Crippen LogP contribution in [0.3, 0.4) is 0 Å². The van der Waals surface area contributed by atoms with Crippen molar-refractivity contribution in [3.8, 4) is 44.5 Å². The van der Waals surface area contributed by atoms with Crippen LogP contribution in [0.25, 0.3) is 44.5 Å². The van der Waals surface area contributed by atoms with Crippen molar-refractivity contribution in [2.75, 3.05) is 4.90 Å². The van der Waals surface area contributed by atoms with E-state index in [1.54, 1.807) is 22.3 Å². The summed E-state index contributed by atoms with van der Waals surface area (Å²) in [4.78, 5) is 2.63. The molecule has 1 heteroatoms. The van der Waals surface area contributed by atoms with E-state index in [4.69, 9.17) is 0 Å². The van der Waals surface area contributed by atoms with E-state index in [-0.39, 0.29) is 10.8 Å². The highest BCUT2D eigenvalue weighted by Gasteiger charge is 2.62. The summed E-state index contributed by atoms with van der Waals surface area (Å²) in [5.41, 5.74) is 21.2. The molecule has 59 heavy (non-hydrogen) atoms. The lowest BCUT2D eigenvalue weighted by molar-refractivity contribution is -0.0399. The van der Waals surface area contributed by atoms with E-state index in [1.807, 2.05) is 0 Å². The van der Waals surface area contributed by atoms with Gasteiger partial charge in [0.2, 0.25) is 0 Å². The summed E-state index contributed by atoms with van der Waals surface area (Å²) >= 11 is 0. The van der Waals surface area contributed by atoms with Crippen molar-refractivity contribution < 1.29 is 0 Å². The quantitative estimate of drug-likeness (QED) is 0.169. The van der Waals surface area contributed by atoms with Gasteiger partial charge in [-0.1, -0.05) is 153 Å². The molecule has 14 rings (SSSR count). The molecular formula is C58H51N. The van der Waals surface area contributed by atoms with Crippen molar-refractivity contribution in [1.29, 1.82) is 0 Å². The molecule has 0 amide bonds. The molecule has 7 aromatic carbocycles. The van der Waals surface area contributed by atoms with Crippen molar-refractivity contribution in [2.24, 2.45) is 23.7 Å². The molecule has 0 saturated heterocycles. The van der Waals surface area contributed by atoms with Crippen LogP contribution in [-0.2, 0) is 10.8 Å². The summed E-state index contributed by atoms with van der Waals surface area (Å²) < 4.78 is 0. The SMILES string of the molecule is c1ccc(-c2ccc(-c3ccc(N(c4ccc5c(c4)-c4ccccc4C54CCCCC4)c4cccc5c4-c4ccccc4C54C5CC6CC(C5)CC4C6)cc3)cc2)cc1. The van der Waals surface area contributed by atoms with Gasteiger partial charge < -0.3 is 4.90 Å². The molecule has 0 unspecified atom stereocenters. The summed E-state index contributed by atoms with van der Waals surface area (Å²) in [6.07, 6.45) is 13.5. The molecule has 4 bridgehead atoms. The Balaban J connectivity index is 0.987. The molecule has 0 atom stereocenters. The molecule has 5 saturated carbocycles. The van der Waals surface area contributed by atoms with Gasteiger partial charge in [0.05, 0.1) is 5.69 Å². The third kappa shape index (κ3) is 4.85. The Hall–Kier alpha value is -5.66. The number of hydrogen-bond acceptors (Lipinski definition) is 1. The first-order chi connectivity index (χ1) is 29.2. The first kappa shape index (κ1) is 34.2. The Morgan fingerprint density at radius 1 is 0.390 bits per heavy atom. The highest BCUT2D eigenvalue weighted by atomic mass is 15.1. The number of fused-ring (bicyclic) bond motifs is 8. The molecule has 0 N–H and O–H groups in total. The van der Waals surface area contributed by atoms with Gasteiger partial charge in [-0.15, -0.1) is 0 Å². The average molecular weight is 762 g/mol. The predicted molar refractivity (Wildman–Crippen MR) is 245 cm³/mol. The summed E-state index contributed by atoms with van der Waals surface area (Å²) in [5, 5.41) is 0. The Bertz CT molecular complexity index is 2720. The van der Waals surface area contributed by atoms with E-state index in [2.05, 4.69) is 169 Å². The second kappa shape index (κ2) is 12.9. The van der Waals surface area contributed by atoms with Crippen LogP contribution in [0.15, 0.2) is 164 Å². The largest absolute Gasteiger partial charge is 0.310 e. The Morgan fingerprint density at radius 2 is 0.932 bits per heavy atom. The molecular weight excluding hydrogens is 711 g/mol. The highest BCUT2D eigenvalue weighted by Crippen LogP contribution is 2.70. The number of anilines is 3. The number of rotatable bonds is 5. The van der Waals surface area contributed by atoms with Crippen LogP contribution < -0.4 is 4.90 Å². The standard InChI is InChI=1S/C58H51N/c1-3-12-40(13-4-1)41-20-22-42(23-21-41)43-24-26-46(27-25-43)59(47-28-29-52-50(37-47)48-14-5-7-16-51(48)57(52)30-9-2-10-31-57)55-19-11-18-54-56(55)49-15-6-8-17-53(49)58(54)44-33-38-32-39(35-44)36-45(58)34-38/h1,3-8,11-29,37-39,44-45H,2,9-10,30-36H2. The molecule has 0 aromatic heterocycles. The van der Waals surface area contributed by atoms with E-state index in [0.29, 0.717) is 0 Å². The molecule has 288 valence electrons. The Labute approximate surface area is 349 Å². The molecule has 5 fully saturated rings. The Morgan fingerprint density at radius 3 is 1.63 bits per heavy atom. The third-order valence-electron chi connectivity index (χ3n) is 16.5. The van der Waals surface area contributed by atoms with Crippen LogP contribution in [0.5, 0.6) is 0 Å². The number of hydrogen-bond donors (Lipinski definition) is 0. The van der Waals surface area contributed by atoms with Crippen molar-refractivity contribution in [3.05, 3.63) is 186 Å². The van der Waals surface area contributed by atoms with E-state index >= 15 is 0 Å². The molecule has 1 nitrogen and oxygen atoms in total. The lowest BCUT2D eigenvalue weighted by Gasteiger charge is -2.61. The van der Waals surface area contributed by atoms with E-state index in [1.165, 1.54) is 126 Å². The maximum absolute atomic E-state index is 2.63. The summed E-state index contributed by atoms with van der Waals surface area (Å²) in [6, 6.07) is 63.2. The molecule has 0 aliphatic heterocycles. The van der Waals surface area contributed by atoms with Crippen LogP contribution in [-0.4, -0.2) is 0 Å². The van der Waals surface area contributed by atoms with Gasteiger partial charge in [-0.05, 0) is 160 Å². The molecule has 2 spiro atoms. The van der Waals surface area contributed by atoms with Gasteiger partial charge in [-0.25, -0.2) is 0 Å². The van der Waals surface area contributed by atoms with E-state index < -0.39 is 0 Å². The average Bonchev–Trinajstić information content (AvgIpc) is 3.74. The first-order valence-electron chi connectivity index (χ1n) is 22.7. The third-order valence-corrected chi connectivity index (χ3v) is 16.5. The molecule has 0 heterocycles. The van der Waals surface area contributed by atoms with Gasteiger partial charge in [0.1, 0.15) is 0 Å². The normalized spacial score (nSPS) is 24.8. The summed E-state index contributed by atoms with van der Waals surface area (Å²) in [5.74, 6) is 3.32. The zero-order valence-corrected chi connectivity index (χ0v) is 33.9. The molecule has 0 radical (unpaired) electrons. The smallest absolute Gasteiger partial charge is 0.0543 e. The van der Waals surface area contributed by atoms with Crippen molar-refractivity contribution in [3.63, 3.8) is 0 Å². The maximum atomic E-state index is 2.63. The topological polar surface area (TPSA) is 3.24 Å².